The topological polar surface area (TPSA) is 20.2 Å². The lowest BCUT2D eigenvalue weighted by Crippen LogP contribution is -1.81. The first kappa shape index (κ1) is 8.33. The van der Waals surface area contributed by atoms with Crippen molar-refractivity contribution in [1.82, 2.24) is 0 Å². The lowest BCUT2D eigenvalue weighted by Gasteiger charge is -2.01. The quantitative estimate of drug-likeness (QED) is 0.730. The molecule has 0 unspecified atom stereocenters. The lowest BCUT2D eigenvalue weighted by atomic mass is 10.2. The number of halogens is 2. The van der Waals surface area contributed by atoms with Crippen molar-refractivity contribution >= 4 is 38.5 Å². The van der Waals surface area contributed by atoms with Gasteiger partial charge in [0.25, 0.3) is 0 Å². The van der Waals surface area contributed by atoms with Gasteiger partial charge in [-0.15, -0.1) is 0 Å². The maximum Gasteiger partial charge on any atom is 0.129 e. The molecule has 54 valence electrons. The highest BCUT2D eigenvalue weighted by Gasteiger charge is 2.02. The van der Waals surface area contributed by atoms with Crippen LogP contribution in [0.3, 0.4) is 0 Å². The van der Waals surface area contributed by atoms with Crippen molar-refractivity contribution < 1.29 is 5.11 Å². The van der Waals surface area contributed by atoms with E-state index in [9.17, 15) is 5.11 Å². The summed E-state index contributed by atoms with van der Waals surface area (Å²) in [7, 11) is 0. The number of benzene rings is 1. The van der Waals surface area contributed by atoms with Gasteiger partial charge in [-0.2, -0.15) is 0 Å². The molecule has 0 aliphatic rings. The standard InChI is InChI=1S/C7H6BrIO/c1-4-5(8)2-3-6(10)7(4)9/h2-3,10H,1H3. The second-order valence-electron chi connectivity index (χ2n) is 2.01. The van der Waals surface area contributed by atoms with Crippen molar-refractivity contribution in [1.29, 1.82) is 0 Å². The minimum atomic E-state index is 0.348. The molecule has 1 rings (SSSR count). The van der Waals surface area contributed by atoms with Gasteiger partial charge in [0.05, 0.1) is 3.57 Å². The zero-order chi connectivity index (χ0) is 7.72. The van der Waals surface area contributed by atoms with Crippen molar-refractivity contribution in [3.63, 3.8) is 0 Å². The SMILES string of the molecule is Cc1c(Br)ccc(O)c1I. The molecular weight excluding hydrogens is 307 g/mol. The van der Waals surface area contributed by atoms with E-state index in [1.54, 1.807) is 6.07 Å². The third-order valence-electron chi connectivity index (χ3n) is 1.30. The second-order valence-corrected chi connectivity index (χ2v) is 3.94. The summed E-state index contributed by atoms with van der Waals surface area (Å²) in [6.45, 7) is 1.96. The van der Waals surface area contributed by atoms with E-state index in [4.69, 9.17) is 0 Å². The maximum atomic E-state index is 9.20. The molecule has 0 amide bonds. The number of hydrogen-bond donors (Lipinski definition) is 1. The molecule has 0 aliphatic heterocycles. The Morgan fingerprint density at radius 1 is 1.50 bits per heavy atom. The Kier molecular flexibility index (Phi) is 2.57. The molecule has 3 heteroatoms. The number of rotatable bonds is 0. The molecule has 10 heavy (non-hydrogen) atoms. The van der Waals surface area contributed by atoms with Gasteiger partial charge in [-0.1, -0.05) is 15.9 Å². The highest BCUT2D eigenvalue weighted by molar-refractivity contribution is 14.1. The predicted octanol–water partition coefficient (Wildman–Crippen LogP) is 3.07. The van der Waals surface area contributed by atoms with Crippen LogP contribution >= 0.6 is 38.5 Å². The third kappa shape index (κ3) is 1.45. The summed E-state index contributed by atoms with van der Waals surface area (Å²) in [5.74, 6) is 0.348. The Balaban J connectivity index is 3.34. The van der Waals surface area contributed by atoms with Crippen LogP contribution in [0.15, 0.2) is 16.6 Å². The number of aromatic hydroxyl groups is 1. The van der Waals surface area contributed by atoms with Crippen LogP contribution in [0.2, 0.25) is 0 Å². The minimum absolute atomic E-state index is 0.348. The molecule has 0 saturated carbocycles. The molecule has 0 aliphatic carbocycles. The zero-order valence-corrected chi connectivity index (χ0v) is 9.10. The molecule has 0 atom stereocenters. The van der Waals surface area contributed by atoms with Crippen LogP contribution < -0.4 is 0 Å². The Labute approximate surface area is 81.7 Å². The maximum absolute atomic E-state index is 9.20. The first-order valence-corrected chi connectivity index (χ1v) is 4.63. The van der Waals surface area contributed by atoms with Gasteiger partial charge in [0.2, 0.25) is 0 Å². The molecule has 0 aromatic heterocycles. The normalized spacial score (nSPS) is 9.90. The van der Waals surface area contributed by atoms with E-state index >= 15 is 0 Å². The van der Waals surface area contributed by atoms with Gasteiger partial charge in [0.1, 0.15) is 5.75 Å². The van der Waals surface area contributed by atoms with Crippen LogP contribution in [0, 0.1) is 10.5 Å². The van der Waals surface area contributed by atoms with Gasteiger partial charge in [0, 0.05) is 4.47 Å². The Hall–Kier alpha value is 0.230. The first-order chi connectivity index (χ1) is 4.63. The van der Waals surface area contributed by atoms with Gasteiger partial charge in [-0.25, -0.2) is 0 Å². The first-order valence-electron chi connectivity index (χ1n) is 2.76. The fraction of sp³-hybridized carbons (Fsp3) is 0.143. The van der Waals surface area contributed by atoms with Gasteiger partial charge >= 0.3 is 0 Å². The molecule has 1 N–H and O–H groups in total. The molecule has 0 saturated heterocycles. The number of phenols is 1. The fourth-order valence-electron chi connectivity index (χ4n) is 0.647. The summed E-state index contributed by atoms with van der Waals surface area (Å²) in [6, 6.07) is 3.52. The summed E-state index contributed by atoms with van der Waals surface area (Å²) in [6.07, 6.45) is 0. The average molecular weight is 313 g/mol. The van der Waals surface area contributed by atoms with Crippen molar-refractivity contribution in [2.24, 2.45) is 0 Å². The highest BCUT2D eigenvalue weighted by atomic mass is 127. The van der Waals surface area contributed by atoms with Gasteiger partial charge in [-0.05, 0) is 47.2 Å². The van der Waals surface area contributed by atoms with E-state index in [-0.39, 0.29) is 0 Å². The smallest absolute Gasteiger partial charge is 0.129 e. The summed E-state index contributed by atoms with van der Waals surface area (Å²) in [5.41, 5.74) is 1.08. The lowest BCUT2D eigenvalue weighted by molar-refractivity contribution is 0.471. The van der Waals surface area contributed by atoms with Crippen LogP contribution in [0.4, 0.5) is 0 Å². The average Bonchev–Trinajstić information content (AvgIpc) is 1.93. The fourth-order valence-corrected chi connectivity index (χ4v) is 1.82. The Morgan fingerprint density at radius 3 is 2.60 bits per heavy atom. The molecule has 0 radical (unpaired) electrons. The molecule has 0 bridgehead atoms. The van der Waals surface area contributed by atoms with E-state index in [0.717, 1.165) is 13.6 Å². The highest BCUT2D eigenvalue weighted by Crippen LogP contribution is 2.28. The van der Waals surface area contributed by atoms with Gasteiger partial charge in [0.15, 0.2) is 0 Å². The molecule has 0 fully saturated rings. The summed E-state index contributed by atoms with van der Waals surface area (Å²) < 4.78 is 1.95. The van der Waals surface area contributed by atoms with E-state index in [2.05, 4.69) is 38.5 Å². The summed E-state index contributed by atoms with van der Waals surface area (Å²) in [5, 5.41) is 9.20. The largest absolute Gasteiger partial charge is 0.507 e. The van der Waals surface area contributed by atoms with Crippen molar-refractivity contribution in [2.45, 2.75) is 6.92 Å². The molecule has 0 spiro atoms. The number of phenolic OH excluding ortho intramolecular Hbond substituents is 1. The molecule has 1 aromatic rings. The van der Waals surface area contributed by atoms with Crippen LogP contribution in [0.1, 0.15) is 5.56 Å². The zero-order valence-electron chi connectivity index (χ0n) is 5.36. The van der Waals surface area contributed by atoms with Crippen LogP contribution in [0.5, 0.6) is 5.75 Å². The number of hydrogen-bond acceptors (Lipinski definition) is 1. The van der Waals surface area contributed by atoms with Crippen molar-refractivity contribution in [3.05, 3.63) is 25.7 Å². The molecule has 0 heterocycles. The predicted molar refractivity (Wildman–Crippen MR) is 53.3 cm³/mol. The minimum Gasteiger partial charge on any atom is -0.507 e. The molecule has 1 nitrogen and oxygen atoms in total. The Bertz CT molecular complexity index is 233. The molecular formula is C7H6BrIO. The van der Waals surface area contributed by atoms with Crippen molar-refractivity contribution in [2.75, 3.05) is 0 Å². The summed E-state index contributed by atoms with van der Waals surface area (Å²) in [4.78, 5) is 0. The van der Waals surface area contributed by atoms with Crippen LogP contribution in [-0.2, 0) is 0 Å². The van der Waals surface area contributed by atoms with Crippen LogP contribution in [0.25, 0.3) is 0 Å². The van der Waals surface area contributed by atoms with E-state index in [1.807, 2.05) is 13.0 Å². The second kappa shape index (κ2) is 3.09. The monoisotopic (exact) mass is 312 g/mol. The van der Waals surface area contributed by atoms with Gasteiger partial charge in [-0.3, -0.25) is 0 Å². The van der Waals surface area contributed by atoms with E-state index < -0.39 is 0 Å². The van der Waals surface area contributed by atoms with E-state index in [1.165, 1.54) is 0 Å². The van der Waals surface area contributed by atoms with Crippen LogP contribution in [-0.4, -0.2) is 5.11 Å². The Morgan fingerprint density at radius 2 is 2.10 bits per heavy atom. The van der Waals surface area contributed by atoms with Crippen molar-refractivity contribution in [3.8, 4) is 5.75 Å². The van der Waals surface area contributed by atoms with Gasteiger partial charge < -0.3 is 5.11 Å². The molecule has 1 aromatic carbocycles. The third-order valence-corrected chi connectivity index (χ3v) is 3.52. The summed E-state index contributed by atoms with van der Waals surface area (Å²) >= 11 is 5.48. The van der Waals surface area contributed by atoms with E-state index in [0.29, 0.717) is 5.75 Å².